The van der Waals surface area contributed by atoms with Crippen LogP contribution in [0.1, 0.15) is 32.6 Å². The number of benzene rings is 1. The maximum absolute atomic E-state index is 12.9. The lowest BCUT2D eigenvalue weighted by Crippen LogP contribution is -2.46. The minimum atomic E-state index is -3.59. The van der Waals surface area contributed by atoms with Crippen LogP contribution in [-0.2, 0) is 14.8 Å². The van der Waals surface area contributed by atoms with E-state index in [4.69, 9.17) is 4.74 Å². The summed E-state index contributed by atoms with van der Waals surface area (Å²) in [6.07, 6.45) is 3.43. The van der Waals surface area contributed by atoms with Crippen molar-refractivity contribution < 1.29 is 17.9 Å². The molecule has 0 saturated carbocycles. The number of methoxy groups -OCH3 is 1. The van der Waals surface area contributed by atoms with E-state index in [-0.39, 0.29) is 23.3 Å². The van der Waals surface area contributed by atoms with E-state index < -0.39 is 10.0 Å². The fourth-order valence-electron chi connectivity index (χ4n) is 3.08. The molecule has 0 radical (unpaired) electrons. The Morgan fingerprint density at radius 2 is 2.00 bits per heavy atom. The molecule has 1 aromatic rings. The summed E-state index contributed by atoms with van der Waals surface area (Å²) in [4.78, 5) is 14.6. The van der Waals surface area contributed by atoms with E-state index in [0.29, 0.717) is 18.7 Å². The first kappa shape index (κ1) is 19.7. The smallest absolute Gasteiger partial charge is 0.243 e. The lowest BCUT2D eigenvalue weighted by Gasteiger charge is -2.33. The Balaban J connectivity index is 2.09. The fraction of sp³-hybridized carbons (Fsp3) is 0.611. The van der Waals surface area contributed by atoms with Gasteiger partial charge in [-0.05, 0) is 43.5 Å². The minimum absolute atomic E-state index is 0.0445. The number of carbonyl (C=O) groups is 1. The summed E-state index contributed by atoms with van der Waals surface area (Å²) in [5.41, 5.74) is 0. The predicted octanol–water partition coefficient (Wildman–Crippen LogP) is 2.35. The van der Waals surface area contributed by atoms with Gasteiger partial charge in [-0.3, -0.25) is 4.79 Å². The van der Waals surface area contributed by atoms with Crippen LogP contribution in [0.15, 0.2) is 29.2 Å². The topological polar surface area (TPSA) is 66.9 Å². The molecule has 0 spiro atoms. The highest BCUT2D eigenvalue weighted by atomic mass is 32.2. The Morgan fingerprint density at radius 3 is 2.60 bits per heavy atom. The van der Waals surface area contributed by atoms with Gasteiger partial charge >= 0.3 is 0 Å². The van der Waals surface area contributed by atoms with Gasteiger partial charge in [-0.1, -0.05) is 13.3 Å². The molecular weight excluding hydrogens is 340 g/mol. The molecule has 0 aromatic heterocycles. The van der Waals surface area contributed by atoms with Crippen molar-refractivity contribution in [3.8, 4) is 5.75 Å². The molecule has 25 heavy (non-hydrogen) atoms. The molecule has 0 N–H and O–H groups in total. The highest BCUT2D eigenvalue weighted by molar-refractivity contribution is 7.89. The Hall–Kier alpha value is -1.60. The fourth-order valence-corrected chi connectivity index (χ4v) is 4.60. The van der Waals surface area contributed by atoms with E-state index in [0.717, 1.165) is 25.8 Å². The van der Waals surface area contributed by atoms with E-state index in [1.807, 2.05) is 0 Å². The summed E-state index contributed by atoms with van der Waals surface area (Å²) in [5, 5.41) is 0. The highest BCUT2D eigenvalue weighted by Crippen LogP contribution is 2.26. The van der Waals surface area contributed by atoms with Crippen molar-refractivity contribution in [3.63, 3.8) is 0 Å². The molecule has 6 nitrogen and oxygen atoms in total. The molecule has 0 bridgehead atoms. The zero-order valence-electron chi connectivity index (χ0n) is 15.3. The van der Waals surface area contributed by atoms with Gasteiger partial charge in [-0.25, -0.2) is 8.42 Å². The molecule has 1 heterocycles. The Bertz CT molecular complexity index is 673. The monoisotopic (exact) mass is 368 g/mol. The van der Waals surface area contributed by atoms with Gasteiger partial charge in [0.15, 0.2) is 0 Å². The number of carbonyl (C=O) groups excluding carboxylic acids is 1. The number of unbranched alkanes of at least 4 members (excludes halogenated alkanes) is 1. The average Bonchev–Trinajstić information content (AvgIpc) is 2.65. The van der Waals surface area contributed by atoms with Crippen molar-refractivity contribution in [1.82, 2.24) is 9.21 Å². The molecule has 1 atom stereocenters. The SMILES string of the molecule is CCCCN(C)C(=O)C1CCCN(S(=O)(=O)c2ccc(OC)cc2)C1. The van der Waals surface area contributed by atoms with Gasteiger partial charge in [0.05, 0.1) is 17.9 Å². The molecule has 1 aliphatic rings. The molecule has 0 aliphatic carbocycles. The van der Waals surface area contributed by atoms with Crippen LogP contribution in [0.3, 0.4) is 0 Å². The zero-order chi connectivity index (χ0) is 18.4. The van der Waals surface area contributed by atoms with Crippen molar-refractivity contribution in [2.24, 2.45) is 5.92 Å². The van der Waals surface area contributed by atoms with E-state index in [2.05, 4.69) is 6.92 Å². The van der Waals surface area contributed by atoms with Gasteiger partial charge in [-0.15, -0.1) is 0 Å². The van der Waals surface area contributed by atoms with Crippen LogP contribution in [-0.4, -0.2) is 57.3 Å². The first-order valence-electron chi connectivity index (χ1n) is 8.79. The average molecular weight is 368 g/mol. The van der Waals surface area contributed by atoms with Gasteiger partial charge in [0.25, 0.3) is 0 Å². The number of hydrogen-bond acceptors (Lipinski definition) is 4. The van der Waals surface area contributed by atoms with Crippen LogP contribution in [0.4, 0.5) is 0 Å². The molecule has 140 valence electrons. The summed E-state index contributed by atoms with van der Waals surface area (Å²) in [6, 6.07) is 6.37. The van der Waals surface area contributed by atoms with E-state index in [1.165, 1.54) is 4.31 Å². The third-order valence-electron chi connectivity index (χ3n) is 4.65. The Kier molecular flexibility index (Phi) is 6.84. The largest absolute Gasteiger partial charge is 0.497 e. The van der Waals surface area contributed by atoms with Crippen LogP contribution >= 0.6 is 0 Å². The van der Waals surface area contributed by atoms with Crippen molar-refractivity contribution in [1.29, 1.82) is 0 Å². The molecule has 2 rings (SSSR count). The van der Waals surface area contributed by atoms with E-state index >= 15 is 0 Å². The van der Waals surface area contributed by atoms with Crippen molar-refractivity contribution in [2.75, 3.05) is 33.8 Å². The molecule has 1 unspecified atom stereocenters. The van der Waals surface area contributed by atoms with E-state index in [1.54, 1.807) is 43.3 Å². The summed E-state index contributed by atoms with van der Waals surface area (Å²) in [7, 11) is -0.247. The summed E-state index contributed by atoms with van der Waals surface area (Å²) >= 11 is 0. The molecule has 1 aromatic carbocycles. The van der Waals surface area contributed by atoms with Crippen molar-refractivity contribution in [2.45, 2.75) is 37.5 Å². The third-order valence-corrected chi connectivity index (χ3v) is 6.53. The van der Waals surface area contributed by atoms with E-state index in [9.17, 15) is 13.2 Å². The lowest BCUT2D eigenvalue weighted by atomic mass is 9.98. The minimum Gasteiger partial charge on any atom is -0.497 e. The number of hydrogen-bond donors (Lipinski definition) is 0. The van der Waals surface area contributed by atoms with Gasteiger partial charge < -0.3 is 9.64 Å². The molecule has 1 aliphatic heterocycles. The van der Waals surface area contributed by atoms with Crippen LogP contribution < -0.4 is 4.74 Å². The van der Waals surface area contributed by atoms with Gasteiger partial charge in [0.2, 0.25) is 15.9 Å². The third kappa shape index (κ3) is 4.73. The van der Waals surface area contributed by atoms with Crippen molar-refractivity contribution >= 4 is 15.9 Å². The number of piperidine rings is 1. The number of sulfonamides is 1. The van der Waals surface area contributed by atoms with Gasteiger partial charge in [-0.2, -0.15) is 4.31 Å². The number of amides is 1. The second kappa shape index (κ2) is 8.67. The maximum Gasteiger partial charge on any atom is 0.243 e. The number of ether oxygens (including phenoxy) is 1. The van der Waals surface area contributed by atoms with Crippen molar-refractivity contribution in [3.05, 3.63) is 24.3 Å². The first-order chi connectivity index (χ1) is 11.9. The molecule has 7 heteroatoms. The van der Waals surface area contributed by atoms with Gasteiger partial charge in [0.1, 0.15) is 5.75 Å². The molecule has 1 amide bonds. The quantitative estimate of drug-likeness (QED) is 0.741. The standard InChI is InChI=1S/C18H28N2O4S/c1-4-5-12-19(2)18(21)15-7-6-13-20(14-15)25(22,23)17-10-8-16(24-3)9-11-17/h8-11,15H,4-7,12-14H2,1-3H3. The molecule has 1 saturated heterocycles. The van der Waals surface area contributed by atoms with Gasteiger partial charge in [0, 0.05) is 26.7 Å². The number of nitrogens with zero attached hydrogens (tertiary/aromatic N) is 2. The Labute approximate surface area is 150 Å². The lowest BCUT2D eigenvalue weighted by molar-refractivity contribution is -0.135. The van der Waals surface area contributed by atoms with Crippen LogP contribution in [0, 0.1) is 5.92 Å². The van der Waals surface area contributed by atoms with Crippen LogP contribution in [0.2, 0.25) is 0 Å². The molecular formula is C18H28N2O4S. The maximum atomic E-state index is 12.9. The first-order valence-corrected chi connectivity index (χ1v) is 10.2. The Morgan fingerprint density at radius 1 is 1.32 bits per heavy atom. The normalized spacial score (nSPS) is 18.8. The number of rotatable bonds is 7. The summed E-state index contributed by atoms with van der Waals surface area (Å²) in [6.45, 7) is 3.51. The second-order valence-corrected chi connectivity index (χ2v) is 8.43. The second-order valence-electron chi connectivity index (χ2n) is 6.49. The van der Waals surface area contributed by atoms with Crippen LogP contribution in [0.5, 0.6) is 5.75 Å². The predicted molar refractivity (Wildman–Crippen MR) is 97.0 cm³/mol. The highest BCUT2D eigenvalue weighted by Gasteiger charge is 2.34. The zero-order valence-corrected chi connectivity index (χ0v) is 16.1. The summed E-state index contributed by atoms with van der Waals surface area (Å²) in [5.74, 6) is 0.398. The van der Waals surface area contributed by atoms with Crippen LogP contribution in [0.25, 0.3) is 0 Å². The molecule has 1 fully saturated rings. The summed E-state index contributed by atoms with van der Waals surface area (Å²) < 4.78 is 32.2.